The molecule has 0 aliphatic heterocycles. The lowest BCUT2D eigenvalue weighted by Gasteiger charge is -2.01. The standard InChI is InChI=1S/C14H15N5O3S/c1-4-8-17-9(22-18-8)5-19-6-16-13-10(14(19)21)7(2)11(23-13)12(20)15-3/h6H,4-5H2,1-3H3,(H,15,20). The summed E-state index contributed by atoms with van der Waals surface area (Å²) in [5.74, 6) is 0.723. The predicted octanol–water partition coefficient (Wildman–Crippen LogP) is 1.12. The van der Waals surface area contributed by atoms with Crippen molar-refractivity contribution in [2.24, 2.45) is 0 Å². The second-order valence-corrected chi connectivity index (χ2v) is 5.95. The zero-order valence-corrected chi connectivity index (χ0v) is 13.7. The van der Waals surface area contributed by atoms with Crippen LogP contribution < -0.4 is 10.9 Å². The zero-order valence-electron chi connectivity index (χ0n) is 12.9. The Morgan fingerprint density at radius 2 is 2.26 bits per heavy atom. The van der Waals surface area contributed by atoms with Crippen LogP contribution in [-0.4, -0.2) is 32.6 Å². The van der Waals surface area contributed by atoms with Crippen molar-refractivity contribution >= 4 is 27.5 Å². The number of amides is 1. The van der Waals surface area contributed by atoms with Crippen molar-refractivity contribution in [3.05, 3.63) is 38.8 Å². The number of carbonyl (C=O) groups is 1. The van der Waals surface area contributed by atoms with Crippen molar-refractivity contribution in [2.75, 3.05) is 7.05 Å². The second kappa shape index (κ2) is 5.92. The van der Waals surface area contributed by atoms with E-state index < -0.39 is 0 Å². The van der Waals surface area contributed by atoms with E-state index in [0.29, 0.717) is 38.8 Å². The number of aryl methyl sites for hydroxylation is 2. The van der Waals surface area contributed by atoms with Crippen LogP contribution in [0.2, 0.25) is 0 Å². The third kappa shape index (κ3) is 2.63. The van der Waals surface area contributed by atoms with Crippen LogP contribution in [0, 0.1) is 6.92 Å². The first-order chi connectivity index (χ1) is 11.0. The van der Waals surface area contributed by atoms with E-state index in [4.69, 9.17) is 4.52 Å². The molecule has 0 unspecified atom stereocenters. The van der Waals surface area contributed by atoms with E-state index in [-0.39, 0.29) is 18.0 Å². The maximum absolute atomic E-state index is 12.7. The van der Waals surface area contributed by atoms with Gasteiger partial charge in [-0.25, -0.2) is 4.98 Å². The van der Waals surface area contributed by atoms with Gasteiger partial charge in [0.25, 0.3) is 11.5 Å². The molecule has 0 radical (unpaired) electrons. The van der Waals surface area contributed by atoms with Crippen LogP contribution in [0.3, 0.4) is 0 Å². The molecular formula is C14H15N5O3S. The van der Waals surface area contributed by atoms with Gasteiger partial charge >= 0.3 is 0 Å². The van der Waals surface area contributed by atoms with Gasteiger partial charge < -0.3 is 9.84 Å². The Balaban J connectivity index is 2.06. The minimum atomic E-state index is -0.227. The molecule has 3 rings (SSSR count). The lowest BCUT2D eigenvalue weighted by atomic mass is 10.2. The van der Waals surface area contributed by atoms with Gasteiger partial charge in [-0.3, -0.25) is 14.2 Å². The summed E-state index contributed by atoms with van der Waals surface area (Å²) in [4.78, 5) is 34.0. The quantitative estimate of drug-likeness (QED) is 0.767. The molecule has 0 fully saturated rings. The van der Waals surface area contributed by atoms with Gasteiger partial charge in [-0.2, -0.15) is 4.98 Å². The Morgan fingerprint density at radius 3 is 2.91 bits per heavy atom. The van der Waals surface area contributed by atoms with E-state index >= 15 is 0 Å². The third-order valence-corrected chi connectivity index (χ3v) is 4.68. The minimum absolute atomic E-state index is 0.152. The normalized spacial score (nSPS) is 11.1. The highest BCUT2D eigenvalue weighted by molar-refractivity contribution is 7.20. The van der Waals surface area contributed by atoms with Crippen LogP contribution in [0.1, 0.15) is 33.9 Å². The summed E-state index contributed by atoms with van der Waals surface area (Å²) in [6.45, 7) is 3.82. The monoisotopic (exact) mass is 333 g/mol. The van der Waals surface area contributed by atoms with Gasteiger partial charge in [-0.05, 0) is 12.5 Å². The van der Waals surface area contributed by atoms with E-state index in [1.165, 1.54) is 22.2 Å². The number of nitrogens with zero attached hydrogens (tertiary/aromatic N) is 4. The van der Waals surface area contributed by atoms with E-state index in [0.717, 1.165) is 0 Å². The molecule has 1 amide bonds. The Morgan fingerprint density at radius 1 is 1.48 bits per heavy atom. The van der Waals surface area contributed by atoms with Crippen molar-refractivity contribution in [1.29, 1.82) is 0 Å². The average molecular weight is 333 g/mol. The Hall–Kier alpha value is -2.55. The zero-order chi connectivity index (χ0) is 16.6. The van der Waals surface area contributed by atoms with Gasteiger partial charge in [0, 0.05) is 13.5 Å². The Kier molecular flexibility index (Phi) is 3.95. The predicted molar refractivity (Wildman–Crippen MR) is 84.8 cm³/mol. The summed E-state index contributed by atoms with van der Waals surface area (Å²) in [6, 6.07) is 0. The van der Waals surface area contributed by atoms with E-state index in [1.54, 1.807) is 14.0 Å². The van der Waals surface area contributed by atoms with Crippen molar-refractivity contribution in [1.82, 2.24) is 25.0 Å². The first-order valence-corrected chi connectivity index (χ1v) is 7.88. The van der Waals surface area contributed by atoms with Crippen LogP contribution in [-0.2, 0) is 13.0 Å². The molecule has 9 heteroatoms. The number of fused-ring (bicyclic) bond motifs is 1. The molecule has 23 heavy (non-hydrogen) atoms. The fourth-order valence-electron chi connectivity index (χ4n) is 2.25. The Labute approximate surface area is 135 Å². The highest BCUT2D eigenvalue weighted by Gasteiger charge is 2.19. The molecule has 3 heterocycles. The SMILES string of the molecule is CCc1noc(Cn2cnc3sc(C(=O)NC)c(C)c3c2=O)n1. The topological polar surface area (TPSA) is 103 Å². The largest absolute Gasteiger partial charge is 0.354 e. The molecule has 0 spiro atoms. The summed E-state index contributed by atoms with van der Waals surface area (Å²) in [5.41, 5.74) is 0.408. The average Bonchev–Trinajstić information content (AvgIpc) is 3.14. The van der Waals surface area contributed by atoms with Crippen LogP contribution in [0.15, 0.2) is 15.6 Å². The fourth-order valence-corrected chi connectivity index (χ4v) is 3.33. The summed E-state index contributed by atoms with van der Waals surface area (Å²) in [7, 11) is 1.55. The third-order valence-electron chi connectivity index (χ3n) is 3.48. The molecule has 0 bridgehead atoms. The summed E-state index contributed by atoms with van der Waals surface area (Å²) < 4.78 is 6.51. The summed E-state index contributed by atoms with van der Waals surface area (Å²) in [6.07, 6.45) is 2.10. The number of nitrogens with one attached hydrogen (secondary N) is 1. The van der Waals surface area contributed by atoms with Gasteiger partial charge in [0.2, 0.25) is 5.89 Å². The van der Waals surface area contributed by atoms with Crippen LogP contribution in [0.25, 0.3) is 10.2 Å². The lowest BCUT2D eigenvalue weighted by Crippen LogP contribution is -2.21. The van der Waals surface area contributed by atoms with Crippen LogP contribution in [0.4, 0.5) is 0 Å². The van der Waals surface area contributed by atoms with Crippen molar-refractivity contribution in [3.63, 3.8) is 0 Å². The highest BCUT2D eigenvalue weighted by atomic mass is 32.1. The van der Waals surface area contributed by atoms with Crippen LogP contribution in [0.5, 0.6) is 0 Å². The van der Waals surface area contributed by atoms with Gasteiger partial charge in [0.1, 0.15) is 11.4 Å². The molecular weight excluding hydrogens is 318 g/mol. The number of carbonyl (C=O) groups excluding carboxylic acids is 1. The molecule has 3 aromatic rings. The molecule has 0 saturated carbocycles. The smallest absolute Gasteiger partial charge is 0.262 e. The maximum atomic E-state index is 12.7. The number of thiophene rings is 1. The van der Waals surface area contributed by atoms with Gasteiger partial charge in [-0.1, -0.05) is 12.1 Å². The lowest BCUT2D eigenvalue weighted by molar-refractivity contribution is 0.0966. The molecule has 0 aromatic carbocycles. The number of hydrogen-bond donors (Lipinski definition) is 1. The van der Waals surface area contributed by atoms with E-state index in [1.807, 2.05) is 6.92 Å². The van der Waals surface area contributed by atoms with Gasteiger partial charge in [0.05, 0.1) is 16.6 Å². The van der Waals surface area contributed by atoms with Gasteiger partial charge in [-0.15, -0.1) is 11.3 Å². The maximum Gasteiger partial charge on any atom is 0.262 e. The summed E-state index contributed by atoms with van der Waals surface area (Å²) in [5, 5.41) is 6.82. The molecule has 120 valence electrons. The molecule has 0 aliphatic rings. The molecule has 1 N–H and O–H groups in total. The van der Waals surface area contributed by atoms with E-state index in [9.17, 15) is 9.59 Å². The van der Waals surface area contributed by atoms with Crippen molar-refractivity contribution in [3.8, 4) is 0 Å². The van der Waals surface area contributed by atoms with Crippen LogP contribution >= 0.6 is 11.3 Å². The van der Waals surface area contributed by atoms with Crippen molar-refractivity contribution < 1.29 is 9.32 Å². The van der Waals surface area contributed by atoms with Gasteiger partial charge in [0.15, 0.2) is 5.82 Å². The molecule has 8 nitrogen and oxygen atoms in total. The first kappa shape index (κ1) is 15.3. The highest BCUT2D eigenvalue weighted by Crippen LogP contribution is 2.26. The van der Waals surface area contributed by atoms with Crippen molar-refractivity contribution in [2.45, 2.75) is 26.8 Å². The molecule has 0 atom stereocenters. The molecule has 3 aromatic heterocycles. The number of hydrogen-bond acceptors (Lipinski definition) is 7. The molecule has 0 saturated heterocycles. The second-order valence-electron chi connectivity index (χ2n) is 4.95. The molecule has 0 aliphatic carbocycles. The first-order valence-electron chi connectivity index (χ1n) is 7.07. The number of rotatable bonds is 4. The minimum Gasteiger partial charge on any atom is -0.354 e. The Bertz CT molecular complexity index is 940. The summed E-state index contributed by atoms with van der Waals surface area (Å²) >= 11 is 1.21. The van der Waals surface area contributed by atoms with E-state index in [2.05, 4.69) is 20.4 Å². The fraction of sp³-hybridized carbons (Fsp3) is 0.357. The number of aromatic nitrogens is 4.